The topological polar surface area (TPSA) is 87.2 Å². The van der Waals surface area contributed by atoms with Crippen LogP contribution in [0.25, 0.3) is 6.08 Å². The van der Waals surface area contributed by atoms with Gasteiger partial charge in [-0.1, -0.05) is 41.7 Å². The lowest BCUT2D eigenvalue weighted by Gasteiger charge is -2.14. The minimum Gasteiger partial charge on any atom is -0.360 e. The number of nitrogens with zero attached hydrogens (tertiary/aromatic N) is 3. The lowest BCUT2D eigenvalue weighted by molar-refractivity contribution is -0.127. The maximum atomic E-state index is 11.9. The van der Waals surface area contributed by atoms with Gasteiger partial charge in [0.05, 0.1) is 0 Å². The average molecular weight is 371 g/mol. The lowest BCUT2D eigenvalue weighted by atomic mass is 10.2. The van der Waals surface area contributed by atoms with Crippen LogP contribution in [-0.4, -0.2) is 46.5 Å². The summed E-state index contributed by atoms with van der Waals surface area (Å²) in [6.45, 7) is 2.34. The van der Waals surface area contributed by atoms with Crippen molar-refractivity contribution in [3.63, 3.8) is 0 Å². The quantitative estimate of drug-likeness (QED) is 0.550. The summed E-state index contributed by atoms with van der Waals surface area (Å²) in [4.78, 5) is 25.3. The Kier molecular flexibility index (Phi) is 6.32. The molecule has 2 aromatic rings. The molecule has 0 unspecified atom stereocenters. The summed E-state index contributed by atoms with van der Waals surface area (Å²) >= 11 is 1.29. The van der Waals surface area contributed by atoms with Gasteiger partial charge in [0, 0.05) is 32.1 Å². The summed E-state index contributed by atoms with van der Waals surface area (Å²) in [7, 11) is 0. The number of carbonyl (C=O) groups is 2. The molecule has 0 radical (unpaired) electrons. The molecule has 0 spiro atoms. The molecule has 2 amide bonds. The summed E-state index contributed by atoms with van der Waals surface area (Å²) in [5, 5.41) is 14.9. The number of carbonyl (C=O) groups excluding carboxylic acids is 2. The Morgan fingerprint density at radius 1 is 1.23 bits per heavy atom. The SMILES string of the molecule is O=C(C=Cc1ccccc1)Nc1nnc(NCCCN2CCCC2=O)s1. The fraction of sp³-hybridized carbons (Fsp3) is 0.333. The Hall–Kier alpha value is -2.74. The van der Waals surface area contributed by atoms with Gasteiger partial charge in [0.1, 0.15) is 0 Å². The molecule has 136 valence electrons. The summed E-state index contributed by atoms with van der Waals surface area (Å²) in [5.74, 6) is -0.00132. The normalized spacial score (nSPS) is 14.2. The average Bonchev–Trinajstić information content (AvgIpc) is 3.27. The number of hydrogen-bond donors (Lipinski definition) is 2. The second-order valence-corrected chi connectivity index (χ2v) is 6.89. The molecule has 1 fully saturated rings. The highest BCUT2D eigenvalue weighted by atomic mass is 32.1. The zero-order valence-corrected chi connectivity index (χ0v) is 15.2. The van der Waals surface area contributed by atoms with E-state index >= 15 is 0 Å². The number of aromatic nitrogens is 2. The van der Waals surface area contributed by atoms with Crippen LogP contribution in [0.4, 0.5) is 10.3 Å². The van der Waals surface area contributed by atoms with Crippen molar-refractivity contribution in [3.05, 3.63) is 42.0 Å². The number of nitrogens with one attached hydrogen (secondary N) is 2. The first-order chi connectivity index (χ1) is 12.7. The smallest absolute Gasteiger partial charge is 0.250 e. The Morgan fingerprint density at radius 3 is 2.81 bits per heavy atom. The molecule has 2 N–H and O–H groups in total. The van der Waals surface area contributed by atoms with Gasteiger partial charge >= 0.3 is 0 Å². The molecule has 1 saturated heterocycles. The largest absolute Gasteiger partial charge is 0.360 e. The predicted octanol–water partition coefficient (Wildman–Crippen LogP) is 2.61. The summed E-state index contributed by atoms with van der Waals surface area (Å²) in [6.07, 6.45) is 5.70. The molecule has 2 heterocycles. The lowest BCUT2D eigenvalue weighted by Crippen LogP contribution is -2.26. The van der Waals surface area contributed by atoms with Crippen molar-refractivity contribution in [1.29, 1.82) is 0 Å². The molecule has 8 heteroatoms. The number of benzene rings is 1. The van der Waals surface area contributed by atoms with Crippen molar-refractivity contribution in [2.75, 3.05) is 30.3 Å². The maximum Gasteiger partial charge on any atom is 0.250 e. The molecule has 0 atom stereocenters. The van der Waals surface area contributed by atoms with E-state index in [-0.39, 0.29) is 11.8 Å². The summed E-state index contributed by atoms with van der Waals surface area (Å²) < 4.78 is 0. The van der Waals surface area contributed by atoms with E-state index in [1.54, 1.807) is 6.08 Å². The fourth-order valence-electron chi connectivity index (χ4n) is 2.63. The van der Waals surface area contributed by atoms with Crippen LogP contribution < -0.4 is 10.6 Å². The van der Waals surface area contributed by atoms with Crippen molar-refractivity contribution >= 4 is 39.5 Å². The fourth-order valence-corrected chi connectivity index (χ4v) is 3.31. The molecule has 26 heavy (non-hydrogen) atoms. The van der Waals surface area contributed by atoms with Crippen LogP contribution in [0.5, 0.6) is 0 Å². The maximum absolute atomic E-state index is 11.9. The predicted molar refractivity (Wildman–Crippen MR) is 103 cm³/mol. The van der Waals surface area contributed by atoms with E-state index in [1.165, 1.54) is 17.4 Å². The second kappa shape index (κ2) is 9.10. The van der Waals surface area contributed by atoms with Gasteiger partial charge in [0.15, 0.2) is 0 Å². The number of likely N-dealkylation sites (tertiary alicyclic amines) is 1. The Labute approximate surface area is 156 Å². The van der Waals surface area contributed by atoms with Crippen LogP contribution in [0.15, 0.2) is 36.4 Å². The highest BCUT2D eigenvalue weighted by Crippen LogP contribution is 2.20. The summed E-state index contributed by atoms with van der Waals surface area (Å²) in [6, 6.07) is 9.61. The first-order valence-electron chi connectivity index (χ1n) is 8.60. The molecular weight excluding hydrogens is 350 g/mol. The van der Waals surface area contributed by atoms with Gasteiger partial charge in [-0.3, -0.25) is 14.9 Å². The van der Waals surface area contributed by atoms with E-state index in [0.29, 0.717) is 23.2 Å². The highest BCUT2D eigenvalue weighted by Gasteiger charge is 2.18. The Morgan fingerprint density at radius 2 is 2.04 bits per heavy atom. The van der Waals surface area contributed by atoms with Crippen LogP contribution in [0.1, 0.15) is 24.8 Å². The van der Waals surface area contributed by atoms with Gasteiger partial charge in [-0.2, -0.15) is 0 Å². The molecule has 7 nitrogen and oxygen atoms in total. The van der Waals surface area contributed by atoms with Crippen LogP contribution in [0.2, 0.25) is 0 Å². The van der Waals surface area contributed by atoms with E-state index in [1.807, 2.05) is 35.2 Å². The van der Waals surface area contributed by atoms with Crippen LogP contribution in [0, 0.1) is 0 Å². The number of rotatable bonds is 8. The minimum atomic E-state index is -0.246. The second-order valence-electron chi connectivity index (χ2n) is 5.91. The van der Waals surface area contributed by atoms with Crippen molar-refractivity contribution in [1.82, 2.24) is 15.1 Å². The van der Waals surface area contributed by atoms with Crippen molar-refractivity contribution in [3.8, 4) is 0 Å². The van der Waals surface area contributed by atoms with Gasteiger partial charge in [-0.05, 0) is 24.5 Å². The van der Waals surface area contributed by atoms with Gasteiger partial charge in [0.2, 0.25) is 22.1 Å². The van der Waals surface area contributed by atoms with Crippen LogP contribution in [-0.2, 0) is 9.59 Å². The van der Waals surface area contributed by atoms with Crippen molar-refractivity contribution in [2.24, 2.45) is 0 Å². The zero-order chi connectivity index (χ0) is 18.2. The van der Waals surface area contributed by atoms with E-state index < -0.39 is 0 Å². The first kappa shape index (κ1) is 18.1. The minimum absolute atomic E-state index is 0.245. The molecule has 1 aromatic carbocycles. The standard InChI is InChI=1S/C18H21N5O2S/c24-15(10-9-14-6-2-1-3-7-14)20-18-22-21-17(26-18)19-11-5-13-23-12-4-8-16(23)25/h1-3,6-7,9-10H,4-5,8,11-13H2,(H,19,21)(H,20,22,24). The molecule has 0 bridgehead atoms. The third kappa shape index (κ3) is 5.38. The third-order valence-electron chi connectivity index (χ3n) is 3.93. The van der Waals surface area contributed by atoms with E-state index in [4.69, 9.17) is 0 Å². The Balaban J connectivity index is 1.39. The molecule has 1 aliphatic rings. The van der Waals surface area contributed by atoms with E-state index in [2.05, 4.69) is 20.8 Å². The van der Waals surface area contributed by atoms with E-state index in [9.17, 15) is 9.59 Å². The van der Waals surface area contributed by atoms with Crippen LogP contribution >= 0.6 is 11.3 Å². The highest BCUT2D eigenvalue weighted by molar-refractivity contribution is 7.19. The van der Waals surface area contributed by atoms with Crippen LogP contribution in [0.3, 0.4) is 0 Å². The van der Waals surface area contributed by atoms with Gasteiger partial charge in [-0.25, -0.2) is 0 Å². The first-order valence-corrected chi connectivity index (χ1v) is 9.41. The van der Waals surface area contributed by atoms with Crippen molar-refractivity contribution < 1.29 is 9.59 Å². The number of amides is 2. The Bertz CT molecular complexity index is 775. The molecular formula is C18H21N5O2S. The molecule has 0 aliphatic carbocycles. The third-order valence-corrected chi connectivity index (χ3v) is 4.73. The zero-order valence-electron chi connectivity index (χ0n) is 14.4. The number of hydrogen-bond acceptors (Lipinski definition) is 6. The van der Waals surface area contributed by atoms with E-state index in [0.717, 1.165) is 31.5 Å². The monoisotopic (exact) mass is 371 g/mol. The van der Waals surface area contributed by atoms with Crippen molar-refractivity contribution in [2.45, 2.75) is 19.3 Å². The molecule has 1 aliphatic heterocycles. The van der Waals surface area contributed by atoms with Gasteiger partial charge < -0.3 is 10.2 Å². The van der Waals surface area contributed by atoms with Gasteiger partial charge in [0.25, 0.3) is 0 Å². The molecule has 1 aromatic heterocycles. The molecule has 0 saturated carbocycles. The number of anilines is 2. The molecule has 3 rings (SSSR count). The summed E-state index contributed by atoms with van der Waals surface area (Å²) in [5.41, 5.74) is 0.957. The van der Waals surface area contributed by atoms with Gasteiger partial charge in [-0.15, -0.1) is 10.2 Å².